The molecule has 154 valence electrons. The predicted molar refractivity (Wildman–Crippen MR) is 111 cm³/mol. The normalized spacial score (nSPS) is 16.1. The summed E-state index contributed by atoms with van der Waals surface area (Å²) in [4.78, 5) is 27.0. The average molecular weight is 426 g/mol. The molecular weight excluding hydrogens is 407 g/mol. The monoisotopic (exact) mass is 426 g/mol. The number of hydrogen-bond donors (Lipinski definition) is 1. The second kappa shape index (κ2) is 9.08. The van der Waals surface area contributed by atoms with Crippen LogP contribution in [0, 0.1) is 5.82 Å². The van der Waals surface area contributed by atoms with Gasteiger partial charge in [-0.2, -0.15) is 0 Å². The third-order valence-corrected chi connectivity index (χ3v) is 5.65. The first-order chi connectivity index (χ1) is 14.6. The number of nitrogens with one attached hydrogen (secondary N) is 1. The smallest absolute Gasteiger partial charge is 0.322 e. The number of nitrogens with zero attached hydrogens (tertiary/aromatic N) is 3. The van der Waals surface area contributed by atoms with Gasteiger partial charge in [0.2, 0.25) is 17.7 Å². The first kappa shape index (κ1) is 20.1. The third kappa shape index (κ3) is 4.85. The minimum atomic E-state index is -0.292. The molecule has 1 atom stereocenters. The van der Waals surface area contributed by atoms with Crippen LogP contribution in [0.1, 0.15) is 24.7 Å². The summed E-state index contributed by atoms with van der Waals surface area (Å²) in [5, 5.41) is 10.5. The number of hydrogen-bond acceptors (Lipinski definition) is 6. The van der Waals surface area contributed by atoms with Crippen LogP contribution in [-0.4, -0.2) is 34.3 Å². The van der Waals surface area contributed by atoms with Gasteiger partial charge in [-0.1, -0.05) is 23.3 Å². The van der Waals surface area contributed by atoms with Gasteiger partial charge in [-0.3, -0.25) is 14.9 Å². The first-order valence-corrected chi connectivity index (χ1v) is 10.4. The summed E-state index contributed by atoms with van der Waals surface area (Å²) in [6, 6.07) is 15.5. The SMILES string of the molecule is O=C(CCSc1ccc(F)cc1)Nc1nnc(C2CC(=O)N(c3ccccc3)C2)o1. The van der Waals surface area contributed by atoms with Gasteiger partial charge in [-0.25, -0.2) is 4.39 Å². The Kier molecular flexibility index (Phi) is 6.08. The molecule has 0 aliphatic carbocycles. The van der Waals surface area contributed by atoms with E-state index < -0.39 is 0 Å². The molecule has 1 aliphatic rings. The molecular formula is C21H19FN4O3S. The summed E-state index contributed by atoms with van der Waals surface area (Å²) in [5.74, 6) is 0.0885. The minimum absolute atomic E-state index is 0.00666. The van der Waals surface area contributed by atoms with Crippen LogP contribution in [0.3, 0.4) is 0 Å². The Hall–Kier alpha value is -3.20. The molecule has 1 aromatic heterocycles. The Labute approximate surface area is 176 Å². The zero-order chi connectivity index (χ0) is 20.9. The van der Waals surface area contributed by atoms with E-state index in [1.54, 1.807) is 17.0 Å². The Morgan fingerprint density at radius 2 is 1.93 bits per heavy atom. The number of amides is 2. The van der Waals surface area contributed by atoms with E-state index in [-0.39, 0.29) is 42.4 Å². The molecule has 4 rings (SSSR count). The van der Waals surface area contributed by atoms with Gasteiger partial charge in [0, 0.05) is 35.7 Å². The lowest BCUT2D eigenvalue weighted by atomic mass is 10.1. The van der Waals surface area contributed by atoms with Gasteiger partial charge in [-0.05, 0) is 36.4 Å². The molecule has 2 aromatic carbocycles. The maximum Gasteiger partial charge on any atom is 0.322 e. The van der Waals surface area contributed by atoms with Crippen molar-refractivity contribution in [1.82, 2.24) is 10.2 Å². The van der Waals surface area contributed by atoms with E-state index in [0.717, 1.165) is 10.6 Å². The number of carbonyl (C=O) groups is 2. The number of halogens is 1. The van der Waals surface area contributed by atoms with Gasteiger partial charge in [0.1, 0.15) is 5.82 Å². The number of para-hydroxylation sites is 1. The fourth-order valence-corrected chi connectivity index (χ4v) is 4.01. The highest BCUT2D eigenvalue weighted by atomic mass is 32.2. The first-order valence-electron chi connectivity index (χ1n) is 9.45. The average Bonchev–Trinajstić information content (AvgIpc) is 3.36. The van der Waals surface area contributed by atoms with Crippen LogP contribution in [-0.2, 0) is 9.59 Å². The van der Waals surface area contributed by atoms with Crippen molar-refractivity contribution < 1.29 is 18.4 Å². The molecule has 3 aromatic rings. The van der Waals surface area contributed by atoms with Crippen LogP contribution in [0.2, 0.25) is 0 Å². The van der Waals surface area contributed by atoms with Crippen molar-refractivity contribution in [3.8, 4) is 0 Å². The van der Waals surface area contributed by atoms with Gasteiger partial charge in [0.05, 0.1) is 5.92 Å². The lowest BCUT2D eigenvalue weighted by Crippen LogP contribution is -2.24. The maximum atomic E-state index is 12.9. The molecule has 2 amide bonds. The Bertz CT molecular complexity index is 1030. The van der Waals surface area contributed by atoms with E-state index in [1.165, 1.54) is 23.9 Å². The zero-order valence-corrected chi connectivity index (χ0v) is 16.8. The van der Waals surface area contributed by atoms with Crippen LogP contribution in [0.25, 0.3) is 0 Å². The molecule has 1 saturated heterocycles. The van der Waals surface area contributed by atoms with Crippen LogP contribution >= 0.6 is 11.8 Å². The zero-order valence-electron chi connectivity index (χ0n) is 16.0. The fraction of sp³-hybridized carbons (Fsp3) is 0.238. The van der Waals surface area contributed by atoms with Crippen molar-refractivity contribution in [1.29, 1.82) is 0 Å². The summed E-state index contributed by atoms with van der Waals surface area (Å²) < 4.78 is 18.5. The van der Waals surface area contributed by atoms with Crippen molar-refractivity contribution in [3.05, 3.63) is 66.3 Å². The molecule has 0 saturated carbocycles. The Morgan fingerprint density at radius 1 is 1.17 bits per heavy atom. The number of thioether (sulfide) groups is 1. The van der Waals surface area contributed by atoms with E-state index in [2.05, 4.69) is 15.5 Å². The van der Waals surface area contributed by atoms with Crippen molar-refractivity contribution in [3.63, 3.8) is 0 Å². The number of rotatable bonds is 7. The highest BCUT2D eigenvalue weighted by molar-refractivity contribution is 7.99. The van der Waals surface area contributed by atoms with E-state index in [4.69, 9.17) is 4.42 Å². The quantitative estimate of drug-likeness (QED) is 0.578. The number of anilines is 2. The second-order valence-corrected chi connectivity index (χ2v) is 7.96. The predicted octanol–water partition coefficient (Wildman–Crippen LogP) is 3.85. The van der Waals surface area contributed by atoms with Crippen molar-refractivity contribution in [2.45, 2.75) is 23.7 Å². The van der Waals surface area contributed by atoms with Crippen LogP contribution in [0.5, 0.6) is 0 Å². The Balaban J connectivity index is 1.28. The van der Waals surface area contributed by atoms with E-state index in [9.17, 15) is 14.0 Å². The topological polar surface area (TPSA) is 88.3 Å². The third-order valence-electron chi connectivity index (χ3n) is 4.64. The number of carbonyl (C=O) groups excluding carboxylic acids is 2. The van der Waals surface area contributed by atoms with Crippen LogP contribution < -0.4 is 10.2 Å². The van der Waals surface area contributed by atoms with Gasteiger partial charge in [0.15, 0.2) is 0 Å². The highest BCUT2D eigenvalue weighted by Gasteiger charge is 2.35. The fourth-order valence-electron chi connectivity index (χ4n) is 3.15. The summed E-state index contributed by atoms with van der Waals surface area (Å²) in [6.45, 7) is 0.451. The lowest BCUT2D eigenvalue weighted by Gasteiger charge is -2.15. The van der Waals surface area contributed by atoms with Gasteiger partial charge in [0.25, 0.3) is 0 Å². The van der Waals surface area contributed by atoms with Crippen LogP contribution in [0.4, 0.5) is 16.1 Å². The molecule has 1 aliphatic heterocycles. The Morgan fingerprint density at radius 3 is 2.70 bits per heavy atom. The van der Waals surface area contributed by atoms with Gasteiger partial charge < -0.3 is 9.32 Å². The molecule has 0 spiro atoms. The summed E-state index contributed by atoms with van der Waals surface area (Å²) in [5.41, 5.74) is 0.830. The largest absolute Gasteiger partial charge is 0.407 e. The molecule has 1 fully saturated rings. The van der Waals surface area contributed by atoms with E-state index >= 15 is 0 Å². The summed E-state index contributed by atoms with van der Waals surface area (Å²) >= 11 is 1.45. The maximum absolute atomic E-state index is 12.9. The van der Waals surface area contributed by atoms with E-state index in [1.807, 2.05) is 30.3 Å². The van der Waals surface area contributed by atoms with Gasteiger partial charge >= 0.3 is 6.01 Å². The number of aromatic nitrogens is 2. The molecule has 1 unspecified atom stereocenters. The second-order valence-electron chi connectivity index (χ2n) is 6.79. The number of benzene rings is 2. The highest BCUT2D eigenvalue weighted by Crippen LogP contribution is 2.31. The molecule has 1 N–H and O–H groups in total. The minimum Gasteiger partial charge on any atom is -0.407 e. The molecule has 0 bridgehead atoms. The van der Waals surface area contributed by atoms with Crippen LogP contribution in [0.15, 0.2) is 63.9 Å². The van der Waals surface area contributed by atoms with Crippen molar-refractivity contribution in [2.24, 2.45) is 0 Å². The standard InChI is InChI=1S/C21H19FN4O3S/c22-15-6-8-17(9-7-15)30-11-10-18(27)23-21-25-24-20(29-21)14-12-19(28)26(13-14)16-4-2-1-3-5-16/h1-9,14H,10-13H2,(H,23,25,27). The summed E-state index contributed by atoms with van der Waals surface area (Å²) in [7, 11) is 0. The molecule has 30 heavy (non-hydrogen) atoms. The molecule has 7 nitrogen and oxygen atoms in total. The summed E-state index contributed by atoms with van der Waals surface area (Å²) in [6.07, 6.45) is 0.516. The molecule has 0 radical (unpaired) electrons. The van der Waals surface area contributed by atoms with Crippen molar-refractivity contribution >= 4 is 35.3 Å². The van der Waals surface area contributed by atoms with Gasteiger partial charge in [-0.15, -0.1) is 16.9 Å². The molecule has 2 heterocycles. The molecule has 9 heteroatoms. The lowest BCUT2D eigenvalue weighted by molar-refractivity contribution is -0.117. The van der Waals surface area contributed by atoms with E-state index in [0.29, 0.717) is 18.2 Å². The van der Waals surface area contributed by atoms with Crippen molar-refractivity contribution in [2.75, 3.05) is 22.5 Å².